The maximum absolute atomic E-state index is 13.7. The summed E-state index contributed by atoms with van der Waals surface area (Å²) >= 11 is 0. The van der Waals surface area contributed by atoms with Crippen molar-refractivity contribution in [1.29, 1.82) is 0 Å². The summed E-state index contributed by atoms with van der Waals surface area (Å²) in [4.78, 5) is 23.5. The number of carbonyl (C=O) groups is 2. The van der Waals surface area contributed by atoms with Crippen LogP contribution in [0.5, 0.6) is 0 Å². The lowest BCUT2D eigenvalue weighted by atomic mass is 10.2. The van der Waals surface area contributed by atoms with E-state index in [0.717, 1.165) is 37.8 Å². The van der Waals surface area contributed by atoms with Crippen molar-refractivity contribution >= 4 is 21.9 Å². The van der Waals surface area contributed by atoms with Crippen LogP contribution < -0.4 is 10.0 Å². The van der Waals surface area contributed by atoms with E-state index >= 15 is 0 Å². The second-order valence-corrected chi connectivity index (χ2v) is 8.02. The number of ether oxygens (including phenoxy) is 1. The molecule has 2 atom stereocenters. The molecule has 9 heteroatoms. The van der Waals surface area contributed by atoms with Crippen molar-refractivity contribution in [1.82, 2.24) is 10.0 Å². The predicted molar refractivity (Wildman–Crippen MR) is 92.1 cm³/mol. The molecule has 0 saturated heterocycles. The van der Waals surface area contributed by atoms with Gasteiger partial charge in [0, 0.05) is 6.04 Å². The Morgan fingerprint density at radius 3 is 2.42 bits per heavy atom. The number of hydrogen-bond acceptors (Lipinski definition) is 5. The van der Waals surface area contributed by atoms with Crippen molar-refractivity contribution in [3.05, 3.63) is 30.1 Å². The molecule has 1 aliphatic rings. The number of hydrogen-bond donors (Lipinski definition) is 2. The first kappa shape index (κ1) is 20.3. The highest BCUT2D eigenvalue weighted by atomic mass is 32.2. The average Bonchev–Trinajstić information content (AvgIpc) is 3.07. The normalized spacial score (nSPS) is 17.5. The van der Waals surface area contributed by atoms with Crippen LogP contribution in [0, 0.1) is 5.82 Å². The maximum Gasteiger partial charge on any atom is 0.324 e. The van der Waals surface area contributed by atoms with Gasteiger partial charge >= 0.3 is 5.97 Å². The molecule has 1 amide bonds. The number of sulfonamides is 1. The van der Waals surface area contributed by atoms with E-state index in [4.69, 9.17) is 4.74 Å². The molecule has 0 aromatic heterocycles. The molecule has 2 rings (SSSR count). The molecule has 7 nitrogen and oxygen atoms in total. The summed E-state index contributed by atoms with van der Waals surface area (Å²) in [6.45, 7) is 2.68. The molecular formula is C17H23FN2O5S. The highest BCUT2D eigenvalue weighted by Crippen LogP contribution is 2.18. The molecule has 0 bridgehead atoms. The quantitative estimate of drug-likeness (QED) is 0.691. The van der Waals surface area contributed by atoms with Gasteiger partial charge in [0.15, 0.2) is 6.10 Å². The zero-order valence-electron chi connectivity index (χ0n) is 14.7. The Labute approximate surface area is 152 Å². The molecule has 0 heterocycles. The van der Waals surface area contributed by atoms with Crippen molar-refractivity contribution in [3.63, 3.8) is 0 Å². The second-order valence-electron chi connectivity index (χ2n) is 6.34. The van der Waals surface area contributed by atoms with Crippen LogP contribution in [0.15, 0.2) is 29.2 Å². The summed E-state index contributed by atoms with van der Waals surface area (Å²) in [6.07, 6.45) is 2.84. The van der Waals surface area contributed by atoms with Crippen LogP contribution in [0.1, 0.15) is 39.5 Å². The van der Waals surface area contributed by atoms with Crippen molar-refractivity contribution < 1.29 is 27.1 Å². The van der Waals surface area contributed by atoms with E-state index in [1.165, 1.54) is 26.0 Å². The average molecular weight is 386 g/mol. The summed E-state index contributed by atoms with van der Waals surface area (Å²) in [5.41, 5.74) is 0. The van der Waals surface area contributed by atoms with Gasteiger partial charge in [0.05, 0.1) is 0 Å². The molecule has 0 spiro atoms. The fourth-order valence-corrected chi connectivity index (χ4v) is 4.00. The summed E-state index contributed by atoms with van der Waals surface area (Å²) in [7, 11) is -4.24. The third kappa shape index (κ3) is 5.25. The lowest BCUT2D eigenvalue weighted by Crippen LogP contribution is -2.45. The fourth-order valence-electron chi connectivity index (χ4n) is 2.73. The monoisotopic (exact) mass is 386 g/mol. The molecule has 0 radical (unpaired) electrons. The molecular weight excluding hydrogens is 363 g/mol. The lowest BCUT2D eigenvalue weighted by Gasteiger charge is -2.19. The van der Waals surface area contributed by atoms with E-state index in [0.29, 0.717) is 0 Å². The van der Waals surface area contributed by atoms with Crippen LogP contribution in [0.4, 0.5) is 4.39 Å². The Bertz CT molecular complexity index is 762. The van der Waals surface area contributed by atoms with Gasteiger partial charge in [0.25, 0.3) is 5.91 Å². The number of nitrogens with one attached hydrogen (secondary N) is 2. The summed E-state index contributed by atoms with van der Waals surface area (Å²) in [5.74, 6) is -2.27. The molecule has 0 aliphatic heterocycles. The third-order valence-corrected chi connectivity index (χ3v) is 5.75. The van der Waals surface area contributed by atoms with Crippen molar-refractivity contribution in [2.45, 2.75) is 62.6 Å². The smallest absolute Gasteiger partial charge is 0.324 e. The first-order valence-corrected chi connectivity index (χ1v) is 9.97. The Morgan fingerprint density at radius 2 is 1.81 bits per heavy atom. The molecule has 2 N–H and O–H groups in total. The minimum Gasteiger partial charge on any atom is -0.451 e. The van der Waals surface area contributed by atoms with E-state index in [9.17, 15) is 22.4 Å². The number of benzene rings is 1. The van der Waals surface area contributed by atoms with E-state index in [1.54, 1.807) is 0 Å². The number of halogens is 1. The zero-order valence-corrected chi connectivity index (χ0v) is 15.5. The fraction of sp³-hybridized carbons (Fsp3) is 0.529. The molecule has 144 valence electrons. The van der Waals surface area contributed by atoms with Gasteiger partial charge in [-0.1, -0.05) is 25.0 Å². The lowest BCUT2D eigenvalue weighted by molar-refractivity contribution is -0.156. The molecule has 0 unspecified atom stereocenters. The Hall–Kier alpha value is -2.00. The van der Waals surface area contributed by atoms with Crippen molar-refractivity contribution in [2.24, 2.45) is 0 Å². The van der Waals surface area contributed by atoms with Gasteiger partial charge in [-0.25, -0.2) is 12.8 Å². The van der Waals surface area contributed by atoms with Gasteiger partial charge in [0.2, 0.25) is 10.0 Å². The second kappa shape index (κ2) is 8.59. The standard InChI is InChI=1S/C17H23FN2O5S/c1-11(20-26(23,24)15-10-6-5-9-14(15)18)17(22)25-12(2)16(21)19-13-7-3-4-8-13/h5-6,9-13,20H,3-4,7-8H2,1-2H3,(H,19,21)/t11-,12-/m0/s1. The van der Waals surface area contributed by atoms with Gasteiger partial charge in [-0.15, -0.1) is 0 Å². The maximum atomic E-state index is 13.7. The molecule has 26 heavy (non-hydrogen) atoms. The Balaban J connectivity index is 1.92. The number of amides is 1. The van der Waals surface area contributed by atoms with E-state index in [2.05, 4.69) is 10.0 Å². The molecule has 1 aliphatic carbocycles. The number of esters is 1. The van der Waals surface area contributed by atoms with Crippen LogP contribution in [0.2, 0.25) is 0 Å². The van der Waals surface area contributed by atoms with Crippen LogP contribution in [0.25, 0.3) is 0 Å². The van der Waals surface area contributed by atoms with Gasteiger partial charge < -0.3 is 10.1 Å². The number of rotatable bonds is 7. The topological polar surface area (TPSA) is 102 Å². The van der Waals surface area contributed by atoms with Gasteiger partial charge in [-0.3, -0.25) is 9.59 Å². The van der Waals surface area contributed by atoms with E-state index < -0.39 is 44.8 Å². The first-order valence-electron chi connectivity index (χ1n) is 8.48. The van der Waals surface area contributed by atoms with Gasteiger partial charge in [-0.05, 0) is 38.8 Å². The highest BCUT2D eigenvalue weighted by Gasteiger charge is 2.28. The summed E-state index contributed by atoms with van der Waals surface area (Å²) in [5, 5.41) is 2.80. The van der Waals surface area contributed by atoms with Crippen LogP contribution in [-0.4, -0.2) is 38.5 Å². The molecule has 1 fully saturated rings. The summed E-state index contributed by atoms with van der Waals surface area (Å²) < 4.78 is 45.1. The van der Waals surface area contributed by atoms with E-state index in [-0.39, 0.29) is 6.04 Å². The van der Waals surface area contributed by atoms with E-state index in [1.807, 2.05) is 0 Å². The minimum atomic E-state index is -4.24. The highest BCUT2D eigenvalue weighted by molar-refractivity contribution is 7.89. The third-order valence-electron chi connectivity index (χ3n) is 4.18. The van der Waals surface area contributed by atoms with Gasteiger partial charge in [0.1, 0.15) is 16.8 Å². The Kier molecular flexibility index (Phi) is 6.71. The van der Waals surface area contributed by atoms with Crippen molar-refractivity contribution in [3.8, 4) is 0 Å². The van der Waals surface area contributed by atoms with Gasteiger partial charge in [-0.2, -0.15) is 4.72 Å². The SMILES string of the molecule is C[C@H](NS(=O)(=O)c1ccccc1F)C(=O)O[C@@H](C)C(=O)NC1CCCC1. The van der Waals surface area contributed by atoms with Crippen LogP contribution in [0.3, 0.4) is 0 Å². The molecule has 1 aromatic carbocycles. The van der Waals surface area contributed by atoms with Crippen LogP contribution in [-0.2, 0) is 24.3 Å². The minimum absolute atomic E-state index is 0.0839. The number of carbonyl (C=O) groups excluding carboxylic acids is 2. The Morgan fingerprint density at radius 1 is 1.19 bits per heavy atom. The predicted octanol–water partition coefficient (Wildman–Crippen LogP) is 1.48. The first-order chi connectivity index (χ1) is 12.2. The molecule has 1 aromatic rings. The molecule has 1 saturated carbocycles. The zero-order chi connectivity index (χ0) is 19.3. The van der Waals surface area contributed by atoms with Crippen LogP contribution >= 0.6 is 0 Å². The summed E-state index contributed by atoms with van der Waals surface area (Å²) in [6, 6.07) is 3.63. The largest absolute Gasteiger partial charge is 0.451 e. The van der Waals surface area contributed by atoms with Crippen molar-refractivity contribution in [2.75, 3.05) is 0 Å².